The van der Waals surface area contributed by atoms with Crippen molar-refractivity contribution in [2.24, 2.45) is 0 Å². The van der Waals surface area contributed by atoms with E-state index in [1.807, 2.05) is 37.8 Å². The van der Waals surface area contributed by atoms with Crippen molar-refractivity contribution in [1.29, 1.82) is 0 Å². The molecule has 5 heteroatoms. The van der Waals surface area contributed by atoms with E-state index in [0.717, 1.165) is 37.6 Å². The summed E-state index contributed by atoms with van der Waals surface area (Å²) in [6, 6.07) is 4.48. The van der Waals surface area contributed by atoms with Crippen LogP contribution in [0.15, 0.2) is 36.9 Å². The third-order valence-corrected chi connectivity index (χ3v) is 3.62. The second-order valence-corrected chi connectivity index (χ2v) is 5.13. The Bertz CT molecular complexity index is 540. The van der Waals surface area contributed by atoms with E-state index in [9.17, 15) is 0 Å². The van der Waals surface area contributed by atoms with E-state index in [1.165, 1.54) is 5.56 Å². The molecule has 0 aromatic carbocycles. The van der Waals surface area contributed by atoms with E-state index in [-0.39, 0.29) is 0 Å². The molecule has 0 spiro atoms. The lowest BCUT2D eigenvalue weighted by molar-refractivity contribution is 0.151. The third kappa shape index (κ3) is 3.00. The van der Waals surface area contributed by atoms with Crippen molar-refractivity contribution in [1.82, 2.24) is 25.2 Å². The van der Waals surface area contributed by atoms with Gasteiger partial charge in [0.05, 0.1) is 11.4 Å². The fourth-order valence-electron chi connectivity index (χ4n) is 2.55. The van der Waals surface area contributed by atoms with Crippen molar-refractivity contribution in [3.63, 3.8) is 0 Å². The SMILES string of the molecule is Cc1cnc(CN2CCNCC2c2cccnc2)cn1. The molecule has 1 saturated heterocycles. The maximum absolute atomic E-state index is 4.46. The number of piperazine rings is 1. The predicted octanol–water partition coefficient (Wildman–Crippen LogP) is 1.33. The molecule has 2 aromatic rings. The van der Waals surface area contributed by atoms with Crippen LogP contribution < -0.4 is 5.32 Å². The monoisotopic (exact) mass is 269 g/mol. The molecule has 0 saturated carbocycles. The number of aryl methyl sites for hydroxylation is 1. The van der Waals surface area contributed by atoms with Crippen LogP contribution >= 0.6 is 0 Å². The summed E-state index contributed by atoms with van der Waals surface area (Å²) in [6.45, 7) is 5.75. The molecule has 1 unspecified atom stereocenters. The largest absolute Gasteiger partial charge is 0.314 e. The minimum Gasteiger partial charge on any atom is -0.314 e. The maximum atomic E-state index is 4.46. The number of nitrogens with zero attached hydrogens (tertiary/aromatic N) is 4. The topological polar surface area (TPSA) is 53.9 Å². The van der Waals surface area contributed by atoms with Gasteiger partial charge in [0.1, 0.15) is 0 Å². The summed E-state index contributed by atoms with van der Waals surface area (Å²) in [6.07, 6.45) is 7.47. The average molecular weight is 269 g/mol. The van der Waals surface area contributed by atoms with E-state index in [0.29, 0.717) is 6.04 Å². The van der Waals surface area contributed by atoms with Crippen LogP contribution in [0, 0.1) is 6.92 Å². The van der Waals surface area contributed by atoms with E-state index in [1.54, 1.807) is 0 Å². The Balaban J connectivity index is 1.77. The molecule has 1 fully saturated rings. The van der Waals surface area contributed by atoms with Gasteiger partial charge in [0.2, 0.25) is 0 Å². The predicted molar refractivity (Wildman–Crippen MR) is 77.0 cm³/mol. The molecule has 1 aliphatic rings. The highest BCUT2D eigenvalue weighted by molar-refractivity contribution is 5.16. The van der Waals surface area contributed by atoms with Crippen LogP contribution in [0.3, 0.4) is 0 Å². The van der Waals surface area contributed by atoms with Crippen molar-refractivity contribution in [3.8, 4) is 0 Å². The summed E-state index contributed by atoms with van der Waals surface area (Å²) in [7, 11) is 0. The maximum Gasteiger partial charge on any atom is 0.0727 e. The fraction of sp³-hybridized carbons (Fsp3) is 0.400. The smallest absolute Gasteiger partial charge is 0.0727 e. The van der Waals surface area contributed by atoms with Gasteiger partial charge in [0.25, 0.3) is 0 Å². The van der Waals surface area contributed by atoms with Crippen LogP contribution in [0.5, 0.6) is 0 Å². The highest BCUT2D eigenvalue weighted by Crippen LogP contribution is 2.22. The third-order valence-electron chi connectivity index (χ3n) is 3.62. The minimum atomic E-state index is 0.348. The first-order valence-corrected chi connectivity index (χ1v) is 6.95. The molecule has 5 nitrogen and oxygen atoms in total. The van der Waals surface area contributed by atoms with E-state index >= 15 is 0 Å². The number of pyridine rings is 1. The van der Waals surface area contributed by atoms with Crippen molar-refractivity contribution in [2.45, 2.75) is 19.5 Å². The van der Waals surface area contributed by atoms with E-state index in [2.05, 4.69) is 31.2 Å². The molecular formula is C15H19N5. The standard InChI is InChI=1S/C15H19N5/c1-12-7-19-14(9-18-12)11-20-6-5-17-10-15(20)13-3-2-4-16-8-13/h2-4,7-9,15,17H,5-6,10-11H2,1H3. The normalized spacial score (nSPS) is 19.9. The van der Waals surface area contributed by atoms with Crippen LogP contribution in [-0.2, 0) is 6.54 Å². The van der Waals surface area contributed by atoms with Crippen LogP contribution in [0.2, 0.25) is 0 Å². The van der Waals surface area contributed by atoms with Gasteiger partial charge in [-0.05, 0) is 18.6 Å². The van der Waals surface area contributed by atoms with Crippen LogP contribution in [-0.4, -0.2) is 39.5 Å². The number of hydrogen-bond donors (Lipinski definition) is 1. The van der Waals surface area contributed by atoms with Crippen molar-refractivity contribution >= 4 is 0 Å². The van der Waals surface area contributed by atoms with Crippen molar-refractivity contribution in [3.05, 3.63) is 53.9 Å². The quantitative estimate of drug-likeness (QED) is 0.911. The van der Waals surface area contributed by atoms with Gasteiger partial charge in [0, 0.05) is 57.0 Å². The molecule has 3 heterocycles. The lowest BCUT2D eigenvalue weighted by atomic mass is 10.1. The number of rotatable bonds is 3. The summed E-state index contributed by atoms with van der Waals surface area (Å²) in [5.74, 6) is 0. The van der Waals surface area contributed by atoms with E-state index < -0.39 is 0 Å². The van der Waals surface area contributed by atoms with Crippen LogP contribution in [0.25, 0.3) is 0 Å². The Labute approximate surface area is 119 Å². The molecule has 0 bridgehead atoms. The second kappa shape index (κ2) is 6.07. The van der Waals surface area contributed by atoms with Gasteiger partial charge >= 0.3 is 0 Å². The first kappa shape index (κ1) is 13.1. The van der Waals surface area contributed by atoms with Gasteiger partial charge in [0.15, 0.2) is 0 Å². The van der Waals surface area contributed by atoms with Gasteiger partial charge in [-0.15, -0.1) is 0 Å². The van der Waals surface area contributed by atoms with Gasteiger partial charge in [-0.1, -0.05) is 6.07 Å². The Morgan fingerprint density at radius 1 is 1.30 bits per heavy atom. The van der Waals surface area contributed by atoms with Crippen LogP contribution in [0.1, 0.15) is 23.0 Å². The number of hydrogen-bond acceptors (Lipinski definition) is 5. The van der Waals surface area contributed by atoms with Gasteiger partial charge in [-0.25, -0.2) is 0 Å². The van der Waals surface area contributed by atoms with Gasteiger partial charge in [-0.2, -0.15) is 0 Å². The Morgan fingerprint density at radius 3 is 3.00 bits per heavy atom. The average Bonchev–Trinajstić information content (AvgIpc) is 2.51. The van der Waals surface area contributed by atoms with Gasteiger partial charge in [-0.3, -0.25) is 19.9 Å². The lowest BCUT2D eigenvalue weighted by Gasteiger charge is -2.36. The molecule has 104 valence electrons. The molecule has 2 aromatic heterocycles. The highest BCUT2D eigenvalue weighted by atomic mass is 15.2. The summed E-state index contributed by atoms with van der Waals surface area (Å²) in [5, 5.41) is 3.45. The van der Waals surface area contributed by atoms with Crippen LogP contribution in [0.4, 0.5) is 0 Å². The molecule has 0 radical (unpaired) electrons. The summed E-state index contributed by atoms with van der Waals surface area (Å²) < 4.78 is 0. The summed E-state index contributed by atoms with van der Waals surface area (Å²) in [5.41, 5.74) is 3.23. The zero-order chi connectivity index (χ0) is 13.8. The molecule has 1 N–H and O–H groups in total. The minimum absolute atomic E-state index is 0.348. The number of nitrogens with one attached hydrogen (secondary N) is 1. The Kier molecular flexibility index (Phi) is 3.99. The van der Waals surface area contributed by atoms with Gasteiger partial charge < -0.3 is 5.32 Å². The first-order valence-electron chi connectivity index (χ1n) is 6.95. The highest BCUT2D eigenvalue weighted by Gasteiger charge is 2.24. The molecule has 1 atom stereocenters. The Hall–Kier alpha value is -1.85. The summed E-state index contributed by atoms with van der Waals surface area (Å²) >= 11 is 0. The molecule has 1 aliphatic heterocycles. The fourth-order valence-corrected chi connectivity index (χ4v) is 2.55. The first-order chi connectivity index (χ1) is 9.83. The molecule has 0 aliphatic carbocycles. The van der Waals surface area contributed by atoms with E-state index in [4.69, 9.17) is 0 Å². The zero-order valence-electron chi connectivity index (χ0n) is 11.7. The summed E-state index contributed by atoms with van der Waals surface area (Å²) in [4.78, 5) is 15.5. The molecule has 20 heavy (non-hydrogen) atoms. The molecule has 3 rings (SSSR count). The zero-order valence-corrected chi connectivity index (χ0v) is 11.7. The Morgan fingerprint density at radius 2 is 2.25 bits per heavy atom. The second-order valence-electron chi connectivity index (χ2n) is 5.13. The lowest BCUT2D eigenvalue weighted by Crippen LogP contribution is -2.45. The number of aromatic nitrogens is 3. The van der Waals surface area contributed by atoms with Crippen molar-refractivity contribution in [2.75, 3.05) is 19.6 Å². The van der Waals surface area contributed by atoms with Crippen molar-refractivity contribution < 1.29 is 0 Å². The molecule has 0 amide bonds. The molecular weight excluding hydrogens is 250 g/mol.